The van der Waals surface area contributed by atoms with Crippen LogP contribution in [0, 0.1) is 11.7 Å². The Morgan fingerprint density at radius 3 is 2.83 bits per heavy atom. The standard InChI is InChI=1S/C11H15FN2O3S/c12-9-4-11(7-13-6-9)18(16,17)14-5-8-1-2-10(15)3-8/h4,6-8,10,14-15H,1-3,5H2. The Bertz CT molecular complexity index is 521. The second-order valence-electron chi connectivity index (χ2n) is 4.52. The van der Waals surface area contributed by atoms with E-state index in [4.69, 9.17) is 0 Å². The summed E-state index contributed by atoms with van der Waals surface area (Å²) in [6.45, 7) is 0.260. The molecule has 1 saturated carbocycles. The zero-order valence-corrected chi connectivity index (χ0v) is 10.5. The molecule has 2 N–H and O–H groups in total. The van der Waals surface area contributed by atoms with Crippen LogP contribution >= 0.6 is 0 Å². The average molecular weight is 274 g/mol. The monoisotopic (exact) mass is 274 g/mol. The maximum absolute atomic E-state index is 12.9. The SMILES string of the molecule is O=S(=O)(NCC1CCC(O)C1)c1cncc(F)c1. The third-order valence-electron chi connectivity index (χ3n) is 3.07. The van der Waals surface area contributed by atoms with E-state index in [1.165, 1.54) is 0 Å². The van der Waals surface area contributed by atoms with Crippen molar-refractivity contribution in [2.75, 3.05) is 6.54 Å². The summed E-state index contributed by atoms with van der Waals surface area (Å²) in [5, 5.41) is 9.35. The maximum atomic E-state index is 12.9. The summed E-state index contributed by atoms with van der Waals surface area (Å²) in [4.78, 5) is 3.33. The number of nitrogens with zero attached hydrogens (tertiary/aromatic N) is 1. The number of aliphatic hydroxyl groups is 1. The Morgan fingerprint density at radius 2 is 2.22 bits per heavy atom. The Balaban J connectivity index is 1.99. The Hall–Kier alpha value is -1.05. The predicted molar refractivity (Wildman–Crippen MR) is 62.7 cm³/mol. The molecule has 7 heteroatoms. The summed E-state index contributed by atoms with van der Waals surface area (Å²) >= 11 is 0. The molecule has 0 aromatic carbocycles. The van der Waals surface area contributed by atoms with E-state index < -0.39 is 15.8 Å². The first-order chi connectivity index (χ1) is 8.47. The van der Waals surface area contributed by atoms with Gasteiger partial charge in [0.15, 0.2) is 0 Å². The van der Waals surface area contributed by atoms with Gasteiger partial charge in [-0.05, 0) is 31.2 Å². The van der Waals surface area contributed by atoms with Gasteiger partial charge in [0.05, 0.1) is 12.3 Å². The quantitative estimate of drug-likeness (QED) is 0.845. The van der Waals surface area contributed by atoms with Crippen LogP contribution in [0.1, 0.15) is 19.3 Å². The third-order valence-corrected chi connectivity index (χ3v) is 4.46. The van der Waals surface area contributed by atoms with Crippen LogP contribution in [0.5, 0.6) is 0 Å². The van der Waals surface area contributed by atoms with Gasteiger partial charge >= 0.3 is 0 Å². The fourth-order valence-corrected chi connectivity index (χ4v) is 3.17. The maximum Gasteiger partial charge on any atom is 0.242 e. The van der Waals surface area contributed by atoms with Crippen LogP contribution in [0.2, 0.25) is 0 Å². The zero-order valence-electron chi connectivity index (χ0n) is 9.71. The second kappa shape index (κ2) is 5.29. The minimum atomic E-state index is -3.72. The van der Waals surface area contributed by atoms with Crippen LogP contribution in [0.3, 0.4) is 0 Å². The number of aromatic nitrogens is 1. The molecule has 1 aromatic heterocycles. The summed E-state index contributed by atoms with van der Waals surface area (Å²) in [7, 11) is -3.72. The molecule has 18 heavy (non-hydrogen) atoms. The molecule has 0 amide bonds. The van der Waals surface area contributed by atoms with Crippen LogP contribution in [-0.2, 0) is 10.0 Å². The average Bonchev–Trinajstić information content (AvgIpc) is 2.73. The molecular formula is C11H15FN2O3S. The van der Waals surface area contributed by atoms with E-state index in [0.717, 1.165) is 24.9 Å². The van der Waals surface area contributed by atoms with Crippen molar-refractivity contribution in [2.45, 2.75) is 30.3 Å². The minimum Gasteiger partial charge on any atom is -0.393 e. The first-order valence-electron chi connectivity index (χ1n) is 5.75. The normalized spacial score (nSPS) is 24.3. The van der Waals surface area contributed by atoms with Crippen LogP contribution in [0.4, 0.5) is 4.39 Å². The molecule has 2 unspecified atom stereocenters. The number of nitrogens with one attached hydrogen (secondary N) is 1. The molecule has 1 aromatic rings. The molecule has 2 rings (SSSR count). The van der Waals surface area contributed by atoms with Crippen LogP contribution < -0.4 is 4.72 Å². The fraction of sp³-hybridized carbons (Fsp3) is 0.545. The molecule has 1 aliphatic carbocycles. The van der Waals surface area contributed by atoms with Gasteiger partial charge in [-0.1, -0.05) is 0 Å². The van der Waals surface area contributed by atoms with E-state index in [9.17, 15) is 17.9 Å². The lowest BCUT2D eigenvalue weighted by Crippen LogP contribution is -2.29. The minimum absolute atomic E-state index is 0.135. The van der Waals surface area contributed by atoms with Gasteiger partial charge in [-0.15, -0.1) is 0 Å². The molecule has 2 atom stereocenters. The highest BCUT2D eigenvalue weighted by atomic mass is 32.2. The lowest BCUT2D eigenvalue weighted by molar-refractivity contribution is 0.178. The molecule has 0 spiro atoms. The highest BCUT2D eigenvalue weighted by Crippen LogP contribution is 2.25. The van der Waals surface area contributed by atoms with E-state index in [1.807, 2.05) is 0 Å². The molecule has 0 radical (unpaired) electrons. The molecule has 5 nitrogen and oxygen atoms in total. The Morgan fingerprint density at radius 1 is 1.44 bits per heavy atom. The van der Waals surface area contributed by atoms with Crippen molar-refractivity contribution in [3.8, 4) is 0 Å². The zero-order chi connectivity index (χ0) is 13.2. The number of pyridine rings is 1. The van der Waals surface area contributed by atoms with Crippen LogP contribution in [-0.4, -0.2) is 31.2 Å². The number of rotatable bonds is 4. The molecule has 1 aliphatic rings. The molecule has 1 fully saturated rings. The molecule has 1 heterocycles. The first kappa shape index (κ1) is 13.4. The van der Waals surface area contributed by atoms with E-state index in [0.29, 0.717) is 12.8 Å². The van der Waals surface area contributed by atoms with Gasteiger partial charge < -0.3 is 5.11 Å². The van der Waals surface area contributed by atoms with Crippen molar-refractivity contribution >= 4 is 10.0 Å². The Labute approximate surface area is 105 Å². The van der Waals surface area contributed by atoms with Crippen molar-refractivity contribution in [1.82, 2.24) is 9.71 Å². The van der Waals surface area contributed by atoms with Gasteiger partial charge in [0.25, 0.3) is 0 Å². The van der Waals surface area contributed by atoms with Gasteiger partial charge in [0.1, 0.15) is 10.7 Å². The van der Waals surface area contributed by atoms with E-state index in [-0.39, 0.29) is 23.5 Å². The third kappa shape index (κ3) is 3.24. The van der Waals surface area contributed by atoms with E-state index >= 15 is 0 Å². The van der Waals surface area contributed by atoms with Gasteiger partial charge in [-0.2, -0.15) is 0 Å². The van der Waals surface area contributed by atoms with Gasteiger partial charge in [-0.3, -0.25) is 4.98 Å². The highest BCUT2D eigenvalue weighted by Gasteiger charge is 2.24. The molecule has 0 aliphatic heterocycles. The van der Waals surface area contributed by atoms with Crippen molar-refractivity contribution in [3.05, 3.63) is 24.3 Å². The topological polar surface area (TPSA) is 79.3 Å². The number of aliphatic hydroxyl groups excluding tert-OH is 1. The Kier molecular flexibility index (Phi) is 3.94. The van der Waals surface area contributed by atoms with Gasteiger partial charge in [0, 0.05) is 12.7 Å². The van der Waals surface area contributed by atoms with Crippen molar-refractivity contribution in [3.63, 3.8) is 0 Å². The first-order valence-corrected chi connectivity index (χ1v) is 7.24. The smallest absolute Gasteiger partial charge is 0.242 e. The second-order valence-corrected chi connectivity index (χ2v) is 6.29. The molecule has 0 bridgehead atoms. The lowest BCUT2D eigenvalue weighted by atomic mass is 10.1. The molecule has 0 saturated heterocycles. The number of halogens is 1. The molecule has 100 valence electrons. The summed E-state index contributed by atoms with van der Waals surface area (Å²) in [5.74, 6) is -0.551. The highest BCUT2D eigenvalue weighted by molar-refractivity contribution is 7.89. The fourth-order valence-electron chi connectivity index (χ4n) is 2.08. The van der Waals surface area contributed by atoms with Gasteiger partial charge in [-0.25, -0.2) is 17.5 Å². The van der Waals surface area contributed by atoms with E-state index in [1.54, 1.807) is 0 Å². The van der Waals surface area contributed by atoms with Crippen molar-refractivity contribution in [2.24, 2.45) is 5.92 Å². The number of sulfonamides is 1. The summed E-state index contributed by atoms with van der Waals surface area (Å²) in [6, 6.07) is 0.929. The lowest BCUT2D eigenvalue weighted by Gasteiger charge is -2.11. The molecular weight excluding hydrogens is 259 g/mol. The summed E-state index contributed by atoms with van der Waals surface area (Å²) < 4.78 is 39.0. The number of hydrogen-bond donors (Lipinski definition) is 2. The number of hydrogen-bond acceptors (Lipinski definition) is 4. The van der Waals surface area contributed by atoms with E-state index in [2.05, 4.69) is 9.71 Å². The van der Waals surface area contributed by atoms with Crippen LogP contribution in [0.25, 0.3) is 0 Å². The predicted octanol–water partition coefficient (Wildman–Crippen LogP) is 0.660. The summed E-state index contributed by atoms with van der Waals surface area (Å²) in [6.07, 6.45) is 3.82. The van der Waals surface area contributed by atoms with Crippen molar-refractivity contribution < 1.29 is 17.9 Å². The summed E-state index contributed by atoms with van der Waals surface area (Å²) in [5.41, 5.74) is 0. The largest absolute Gasteiger partial charge is 0.393 e. The van der Waals surface area contributed by atoms with Crippen LogP contribution in [0.15, 0.2) is 23.4 Å². The van der Waals surface area contributed by atoms with Gasteiger partial charge in [0.2, 0.25) is 10.0 Å². The van der Waals surface area contributed by atoms with Crippen molar-refractivity contribution in [1.29, 1.82) is 0 Å².